The molecule has 0 fully saturated rings. The maximum atomic E-state index is 13.0. The lowest BCUT2D eigenvalue weighted by Crippen LogP contribution is -2.14. The highest BCUT2D eigenvalue weighted by molar-refractivity contribution is 14.1. The Morgan fingerprint density at radius 2 is 1.95 bits per heavy atom. The van der Waals surface area contributed by atoms with E-state index in [1.54, 1.807) is 0 Å². The fourth-order valence-corrected chi connectivity index (χ4v) is 4.63. The first-order chi connectivity index (χ1) is 9.83. The Labute approximate surface area is 143 Å². The van der Waals surface area contributed by atoms with Gasteiger partial charge in [-0.1, -0.05) is 6.07 Å². The van der Waals surface area contributed by atoms with Gasteiger partial charge in [0.1, 0.15) is 10.7 Å². The number of hydrogen-bond donors (Lipinski definition) is 2. The summed E-state index contributed by atoms with van der Waals surface area (Å²) in [5.41, 5.74) is 0.896. The highest BCUT2D eigenvalue weighted by Crippen LogP contribution is 2.27. The van der Waals surface area contributed by atoms with Gasteiger partial charge in [0.05, 0.1) is 12.3 Å². The normalized spacial score (nSPS) is 11.4. The molecule has 0 spiro atoms. The highest BCUT2D eigenvalue weighted by Gasteiger charge is 2.19. The first-order valence-corrected chi connectivity index (χ1v) is 9.06. The molecule has 0 unspecified atom stereocenters. The van der Waals surface area contributed by atoms with Gasteiger partial charge < -0.3 is 5.11 Å². The third-order valence-electron chi connectivity index (χ3n) is 2.64. The SMILES string of the molecule is O=S(=O)(Nc1ccc(F)cc1I)c1ccc(CO)cc1Br. The van der Waals surface area contributed by atoms with Crippen LogP contribution in [0.15, 0.2) is 45.8 Å². The Bertz CT molecular complexity index is 783. The molecule has 0 saturated carbocycles. The third-order valence-corrected chi connectivity index (χ3v) is 5.88. The zero-order chi connectivity index (χ0) is 15.6. The monoisotopic (exact) mass is 485 g/mol. The van der Waals surface area contributed by atoms with Crippen LogP contribution in [0.2, 0.25) is 0 Å². The number of benzene rings is 2. The average Bonchev–Trinajstić information content (AvgIpc) is 2.41. The lowest BCUT2D eigenvalue weighted by Gasteiger charge is -2.11. The quantitative estimate of drug-likeness (QED) is 0.651. The third kappa shape index (κ3) is 3.93. The van der Waals surface area contributed by atoms with Crippen LogP contribution in [0.1, 0.15) is 5.56 Å². The van der Waals surface area contributed by atoms with Gasteiger partial charge in [-0.3, -0.25) is 4.72 Å². The lowest BCUT2D eigenvalue weighted by molar-refractivity contribution is 0.281. The molecule has 0 bridgehead atoms. The highest BCUT2D eigenvalue weighted by atomic mass is 127. The maximum Gasteiger partial charge on any atom is 0.263 e. The second kappa shape index (κ2) is 6.59. The molecule has 0 aliphatic heterocycles. The van der Waals surface area contributed by atoms with Crippen molar-refractivity contribution >= 4 is 54.2 Å². The predicted octanol–water partition coefficient (Wildman–Crippen LogP) is 3.49. The molecule has 2 rings (SSSR count). The van der Waals surface area contributed by atoms with E-state index < -0.39 is 15.8 Å². The molecule has 21 heavy (non-hydrogen) atoms. The van der Waals surface area contributed by atoms with E-state index in [0.717, 1.165) is 0 Å². The Balaban J connectivity index is 2.38. The molecule has 4 nitrogen and oxygen atoms in total. The Kier molecular flexibility index (Phi) is 5.23. The van der Waals surface area contributed by atoms with Crippen LogP contribution in [-0.2, 0) is 16.6 Å². The minimum Gasteiger partial charge on any atom is -0.392 e. The van der Waals surface area contributed by atoms with Gasteiger partial charge in [-0.25, -0.2) is 12.8 Å². The first kappa shape index (κ1) is 16.7. The van der Waals surface area contributed by atoms with Crippen LogP contribution in [0, 0.1) is 9.39 Å². The topological polar surface area (TPSA) is 66.4 Å². The molecule has 0 radical (unpaired) electrons. The molecule has 112 valence electrons. The summed E-state index contributed by atoms with van der Waals surface area (Å²) in [4.78, 5) is 0.0415. The van der Waals surface area contributed by atoms with Crippen LogP contribution in [0.4, 0.5) is 10.1 Å². The molecular weight excluding hydrogens is 476 g/mol. The molecule has 2 aromatic rings. The van der Waals surface area contributed by atoms with Gasteiger partial charge in [-0.2, -0.15) is 0 Å². The van der Waals surface area contributed by atoms with Crippen molar-refractivity contribution in [3.8, 4) is 0 Å². The van der Waals surface area contributed by atoms with Crippen molar-refractivity contribution in [1.29, 1.82) is 0 Å². The van der Waals surface area contributed by atoms with E-state index in [1.807, 2.05) is 22.6 Å². The number of nitrogens with one attached hydrogen (secondary N) is 1. The number of aliphatic hydroxyl groups is 1. The minimum absolute atomic E-state index is 0.0415. The van der Waals surface area contributed by atoms with Gasteiger partial charge in [0.15, 0.2) is 0 Å². The van der Waals surface area contributed by atoms with Crippen LogP contribution >= 0.6 is 38.5 Å². The summed E-state index contributed by atoms with van der Waals surface area (Å²) in [5.74, 6) is -0.434. The van der Waals surface area contributed by atoms with E-state index in [2.05, 4.69) is 20.7 Å². The summed E-state index contributed by atoms with van der Waals surface area (Å²) in [6.07, 6.45) is 0. The number of rotatable bonds is 4. The van der Waals surface area contributed by atoms with Gasteiger partial charge in [-0.05, 0) is 74.4 Å². The Morgan fingerprint density at radius 1 is 1.24 bits per heavy atom. The summed E-state index contributed by atoms with van der Waals surface area (Å²) < 4.78 is 41.0. The Hall–Kier alpha value is -0.710. The standard InChI is InChI=1S/C13H10BrFINO3S/c14-10-5-8(7-18)1-4-13(10)21(19,20)17-12-3-2-9(15)6-11(12)16/h1-6,17-18H,7H2. The van der Waals surface area contributed by atoms with Gasteiger partial charge >= 0.3 is 0 Å². The second-order valence-corrected chi connectivity index (χ2v) is 7.82. The zero-order valence-corrected chi connectivity index (χ0v) is 15.0. The molecule has 0 amide bonds. The van der Waals surface area contributed by atoms with Crippen LogP contribution < -0.4 is 4.72 Å². The van der Waals surface area contributed by atoms with E-state index >= 15 is 0 Å². The van der Waals surface area contributed by atoms with Gasteiger partial charge in [-0.15, -0.1) is 0 Å². The Morgan fingerprint density at radius 3 is 2.52 bits per heavy atom. The molecular formula is C13H10BrFINO3S. The fourth-order valence-electron chi connectivity index (χ4n) is 1.63. The van der Waals surface area contributed by atoms with Crippen LogP contribution in [0.3, 0.4) is 0 Å². The molecule has 8 heteroatoms. The smallest absolute Gasteiger partial charge is 0.263 e. The number of sulfonamides is 1. The fraction of sp³-hybridized carbons (Fsp3) is 0.0769. The summed E-state index contributed by atoms with van der Waals surface area (Å²) in [6.45, 7) is -0.178. The number of anilines is 1. The minimum atomic E-state index is -3.81. The van der Waals surface area contributed by atoms with E-state index in [-0.39, 0.29) is 11.5 Å². The predicted molar refractivity (Wildman–Crippen MR) is 90.0 cm³/mol. The molecule has 2 aromatic carbocycles. The average molecular weight is 486 g/mol. The van der Waals surface area contributed by atoms with Crippen LogP contribution in [0.5, 0.6) is 0 Å². The summed E-state index contributed by atoms with van der Waals surface area (Å²) >= 11 is 5.03. The van der Waals surface area contributed by atoms with E-state index in [4.69, 9.17) is 5.11 Å². The van der Waals surface area contributed by atoms with Crippen molar-refractivity contribution in [1.82, 2.24) is 0 Å². The van der Waals surface area contributed by atoms with Crippen molar-refractivity contribution in [2.75, 3.05) is 4.72 Å². The molecule has 0 saturated heterocycles. The maximum absolute atomic E-state index is 13.0. The van der Waals surface area contributed by atoms with Gasteiger partial charge in [0, 0.05) is 8.04 Å². The molecule has 0 atom stereocenters. The molecule has 2 N–H and O–H groups in total. The summed E-state index contributed by atoms with van der Waals surface area (Å²) in [6, 6.07) is 8.24. The first-order valence-electron chi connectivity index (χ1n) is 5.70. The van der Waals surface area contributed by atoms with Crippen LogP contribution in [-0.4, -0.2) is 13.5 Å². The molecule has 0 aromatic heterocycles. The summed E-state index contributed by atoms with van der Waals surface area (Å²) in [5, 5.41) is 9.03. The largest absolute Gasteiger partial charge is 0.392 e. The van der Waals surface area contributed by atoms with E-state index in [1.165, 1.54) is 36.4 Å². The second-order valence-electron chi connectivity index (χ2n) is 4.15. The van der Waals surface area contributed by atoms with E-state index in [9.17, 15) is 12.8 Å². The van der Waals surface area contributed by atoms with Gasteiger partial charge in [0.2, 0.25) is 0 Å². The van der Waals surface area contributed by atoms with Crippen LogP contribution in [0.25, 0.3) is 0 Å². The molecule has 0 aliphatic rings. The van der Waals surface area contributed by atoms with Crippen molar-refractivity contribution < 1.29 is 17.9 Å². The number of halogens is 3. The van der Waals surface area contributed by atoms with Crippen molar-refractivity contribution in [3.05, 3.63) is 55.8 Å². The zero-order valence-electron chi connectivity index (χ0n) is 10.5. The lowest BCUT2D eigenvalue weighted by atomic mass is 10.2. The number of hydrogen-bond acceptors (Lipinski definition) is 3. The van der Waals surface area contributed by atoms with Gasteiger partial charge in [0.25, 0.3) is 10.0 Å². The summed E-state index contributed by atoms with van der Waals surface area (Å²) in [7, 11) is -3.81. The molecule has 0 heterocycles. The van der Waals surface area contributed by atoms with Crippen molar-refractivity contribution in [2.45, 2.75) is 11.5 Å². The number of aliphatic hydroxyl groups excluding tert-OH is 1. The molecule has 0 aliphatic carbocycles. The van der Waals surface area contributed by atoms with Crippen molar-refractivity contribution in [3.63, 3.8) is 0 Å². The van der Waals surface area contributed by atoms with Crippen molar-refractivity contribution in [2.24, 2.45) is 0 Å². The van der Waals surface area contributed by atoms with E-state index in [0.29, 0.717) is 19.3 Å².